The molecule has 9 heteroatoms. The van der Waals surface area contributed by atoms with Crippen molar-refractivity contribution in [3.63, 3.8) is 0 Å². The van der Waals surface area contributed by atoms with Gasteiger partial charge in [0.2, 0.25) is 5.91 Å². The second-order valence-corrected chi connectivity index (χ2v) is 6.68. The molecule has 3 rings (SSSR count). The van der Waals surface area contributed by atoms with Gasteiger partial charge in [0.25, 0.3) is 0 Å². The van der Waals surface area contributed by atoms with Crippen molar-refractivity contribution >= 4 is 23.4 Å². The lowest BCUT2D eigenvalue weighted by Crippen LogP contribution is -2.31. The highest BCUT2D eigenvalue weighted by atomic mass is 19.4. The van der Waals surface area contributed by atoms with Crippen molar-refractivity contribution in [2.24, 2.45) is 0 Å². The lowest BCUT2D eigenvalue weighted by atomic mass is 10.1. The third kappa shape index (κ3) is 4.84. The number of halogens is 3. The lowest BCUT2D eigenvalue weighted by molar-refractivity contribution is -0.137. The number of benzene rings is 1. The molecule has 2 amide bonds. The Labute approximate surface area is 155 Å². The molecule has 0 radical (unpaired) electrons. The van der Waals surface area contributed by atoms with Crippen molar-refractivity contribution in [1.29, 1.82) is 0 Å². The number of rotatable bonds is 5. The number of piperidine rings is 1. The van der Waals surface area contributed by atoms with E-state index < -0.39 is 23.7 Å². The molecule has 0 aromatic heterocycles. The highest BCUT2D eigenvalue weighted by Crippen LogP contribution is 2.36. The van der Waals surface area contributed by atoms with Crippen LogP contribution >= 0.6 is 0 Å². The molecule has 1 N–H and O–H groups in total. The van der Waals surface area contributed by atoms with Crippen molar-refractivity contribution in [3.05, 3.63) is 23.8 Å². The van der Waals surface area contributed by atoms with Crippen molar-refractivity contribution in [2.75, 3.05) is 43.0 Å². The quantitative estimate of drug-likeness (QED) is 0.843. The molecule has 148 valence electrons. The summed E-state index contributed by atoms with van der Waals surface area (Å²) < 4.78 is 44.1. The molecule has 2 fully saturated rings. The number of carbonyl (C=O) groups is 2. The summed E-state index contributed by atoms with van der Waals surface area (Å²) in [5.41, 5.74) is -0.0564. The summed E-state index contributed by atoms with van der Waals surface area (Å²) in [6, 6.07) is 3.44. The number of ether oxygens (including phenoxy) is 1. The van der Waals surface area contributed by atoms with E-state index in [1.807, 2.05) is 4.90 Å². The average Bonchev–Trinajstić information content (AvgIpc) is 3.05. The first-order chi connectivity index (χ1) is 12.8. The van der Waals surface area contributed by atoms with Crippen molar-refractivity contribution in [2.45, 2.75) is 31.9 Å². The maximum atomic E-state index is 13.1. The third-order valence-electron chi connectivity index (χ3n) is 4.75. The van der Waals surface area contributed by atoms with Gasteiger partial charge in [-0.3, -0.25) is 4.79 Å². The first-order valence-corrected chi connectivity index (χ1v) is 9.02. The van der Waals surface area contributed by atoms with E-state index >= 15 is 0 Å². The topological polar surface area (TPSA) is 61.9 Å². The van der Waals surface area contributed by atoms with E-state index in [1.54, 1.807) is 0 Å². The molecule has 0 aliphatic carbocycles. The fourth-order valence-corrected chi connectivity index (χ4v) is 3.30. The molecular weight excluding hydrogens is 363 g/mol. The molecule has 1 aromatic carbocycles. The van der Waals surface area contributed by atoms with Crippen LogP contribution in [0.5, 0.6) is 0 Å². The van der Waals surface area contributed by atoms with Gasteiger partial charge in [-0.2, -0.15) is 13.2 Å². The van der Waals surface area contributed by atoms with Crippen LogP contribution in [-0.4, -0.2) is 49.7 Å². The van der Waals surface area contributed by atoms with Crippen molar-refractivity contribution in [1.82, 2.24) is 4.90 Å². The van der Waals surface area contributed by atoms with Crippen LogP contribution in [0.3, 0.4) is 0 Å². The number of hydrogen-bond acceptors (Lipinski definition) is 4. The summed E-state index contributed by atoms with van der Waals surface area (Å²) in [5.74, 6) is -0.438. The molecule has 2 aliphatic rings. The van der Waals surface area contributed by atoms with Crippen molar-refractivity contribution in [3.8, 4) is 0 Å². The van der Waals surface area contributed by atoms with Gasteiger partial charge in [0.15, 0.2) is 0 Å². The molecule has 6 nitrogen and oxygen atoms in total. The maximum Gasteiger partial charge on any atom is 0.416 e. The number of nitrogens with zero attached hydrogens (tertiary/aromatic N) is 2. The van der Waals surface area contributed by atoms with Crippen LogP contribution in [0.25, 0.3) is 0 Å². The van der Waals surface area contributed by atoms with Gasteiger partial charge in [0.05, 0.1) is 23.5 Å². The van der Waals surface area contributed by atoms with E-state index in [9.17, 15) is 22.8 Å². The maximum absolute atomic E-state index is 13.1. The Bertz CT molecular complexity index is 703. The molecule has 2 aliphatic heterocycles. The second kappa shape index (κ2) is 8.06. The Morgan fingerprint density at radius 1 is 1.15 bits per heavy atom. The van der Waals surface area contributed by atoms with Crippen LogP contribution in [0, 0.1) is 0 Å². The van der Waals surface area contributed by atoms with Gasteiger partial charge >= 0.3 is 12.3 Å². The number of carbonyl (C=O) groups excluding carboxylic acids is 2. The highest BCUT2D eigenvalue weighted by Gasteiger charge is 2.32. The number of cyclic esters (lactones) is 1. The predicted octanol–water partition coefficient (Wildman–Crippen LogP) is 3.48. The molecular formula is C18H22F3N3O3. The minimum absolute atomic E-state index is 0.00914. The minimum atomic E-state index is -4.49. The van der Waals surface area contributed by atoms with Gasteiger partial charge in [-0.25, -0.2) is 4.79 Å². The van der Waals surface area contributed by atoms with E-state index in [0.717, 1.165) is 44.5 Å². The van der Waals surface area contributed by atoms with E-state index in [4.69, 9.17) is 4.74 Å². The minimum Gasteiger partial charge on any atom is -0.448 e. The molecule has 1 aromatic rings. The van der Waals surface area contributed by atoms with Gasteiger partial charge in [0.1, 0.15) is 6.61 Å². The summed E-state index contributed by atoms with van der Waals surface area (Å²) in [7, 11) is 0. The van der Waals surface area contributed by atoms with E-state index in [-0.39, 0.29) is 25.3 Å². The molecule has 0 atom stereocenters. The predicted molar refractivity (Wildman–Crippen MR) is 93.7 cm³/mol. The zero-order chi connectivity index (χ0) is 19.4. The monoisotopic (exact) mass is 385 g/mol. The zero-order valence-electron chi connectivity index (χ0n) is 14.8. The number of hydrogen-bond donors (Lipinski definition) is 1. The van der Waals surface area contributed by atoms with Crippen LogP contribution in [0.15, 0.2) is 18.2 Å². The van der Waals surface area contributed by atoms with Crippen LogP contribution in [0.1, 0.15) is 31.2 Å². The highest BCUT2D eigenvalue weighted by molar-refractivity contribution is 5.95. The lowest BCUT2D eigenvalue weighted by Gasteiger charge is -2.31. The summed E-state index contributed by atoms with van der Waals surface area (Å²) >= 11 is 0. The SMILES string of the molecule is O=C(CCN1CCOC1=O)Nc1cc(C(F)(F)F)ccc1N1CCCCC1. The molecule has 2 saturated heterocycles. The van der Waals surface area contributed by atoms with Crippen LogP contribution < -0.4 is 10.2 Å². The molecule has 0 spiro atoms. The second-order valence-electron chi connectivity index (χ2n) is 6.68. The van der Waals surface area contributed by atoms with Crippen LogP contribution in [0.4, 0.5) is 29.3 Å². The third-order valence-corrected chi connectivity index (χ3v) is 4.75. The Morgan fingerprint density at radius 3 is 2.52 bits per heavy atom. The van der Waals surface area contributed by atoms with E-state index in [2.05, 4.69) is 5.32 Å². The number of amides is 2. The fraction of sp³-hybridized carbons (Fsp3) is 0.556. The van der Waals surface area contributed by atoms with Crippen LogP contribution in [0.2, 0.25) is 0 Å². The zero-order valence-corrected chi connectivity index (χ0v) is 14.8. The summed E-state index contributed by atoms with van der Waals surface area (Å²) in [4.78, 5) is 27.1. The first-order valence-electron chi connectivity index (χ1n) is 9.02. The van der Waals surface area contributed by atoms with Crippen LogP contribution in [-0.2, 0) is 15.7 Å². The Kier molecular flexibility index (Phi) is 5.76. The summed E-state index contributed by atoms with van der Waals surface area (Å²) in [6.07, 6.45) is -1.96. The molecule has 0 unspecified atom stereocenters. The van der Waals surface area contributed by atoms with Gasteiger partial charge in [-0.15, -0.1) is 0 Å². The number of anilines is 2. The Balaban J connectivity index is 1.73. The molecule has 27 heavy (non-hydrogen) atoms. The molecule has 0 bridgehead atoms. The van der Waals surface area contributed by atoms with Gasteiger partial charge in [-0.05, 0) is 37.5 Å². The molecule has 2 heterocycles. The fourth-order valence-electron chi connectivity index (χ4n) is 3.30. The number of alkyl halides is 3. The molecule has 0 saturated carbocycles. The van der Waals surface area contributed by atoms with Crippen molar-refractivity contribution < 1.29 is 27.5 Å². The smallest absolute Gasteiger partial charge is 0.416 e. The normalized spacial score (nSPS) is 17.8. The largest absolute Gasteiger partial charge is 0.448 e. The summed E-state index contributed by atoms with van der Waals surface area (Å²) in [6.45, 7) is 2.35. The van der Waals surface area contributed by atoms with E-state index in [1.165, 1.54) is 11.0 Å². The van der Waals surface area contributed by atoms with Gasteiger partial charge in [0, 0.05) is 26.1 Å². The first kappa shape index (κ1) is 19.3. The Morgan fingerprint density at radius 2 is 1.89 bits per heavy atom. The van der Waals surface area contributed by atoms with Gasteiger partial charge < -0.3 is 19.9 Å². The summed E-state index contributed by atoms with van der Waals surface area (Å²) in [5, 5.41) is 2.60. The Hall–Kier alpha value is -2.45. The average molecular weight is 385 g/mol. The number of nitrogens with one attached hydrogen (secondary N) is 1. The van der Waals surface area contributed by atoms with Gasteiger partial charge in [-0.1, -0.05) is 0 Å². The standard InChI is InChI=1S/C18H22F3N3O3/c19-18(20,21)13-4-5-15(23-7-2-1-3-8-23)14(12-13)22-16(25)6-9-24-10-11-27-17(24)26/h4-5,12H,1-3,6-11H2,(H,22,25). The van der Waals surface area contributed by atoms with E-state index in [0.29, 0.717) is 12.2 Å².